The molecule has 0 heterocycles. The Kier molecular flexibility index (Phi) is 12.1. The molecule has 0 fully saturated rings. The lowest BCUT2D eigenvalue weighted by atomic mass is 10.1. The molecule has 37 heavy (non-hydrogen) atoms. The zero-order chi connectivity index (χ0) is 27.4. The van der Waals surface area contributed by atoms with Crippen LogP contribution in [0.4, 0.5) is 5.69 Å². The van der Waals surface area contributed by atoms with E-state index in [-0.39, 0.29) is 24.8 Å². The Morgan fingerprint density at radius 3 is 2.11 bits per heavy atom. The normalized spacial score (nSPS) is 12.3. The van der Waals surface area contributed by atoms with Crippen molar-refractivity contribution in [1.29, 1.82) is 0 Å². The van der Waals surface area contributed by atoms with E-state index in [0.717, 1.165) is 17.5 Å². The average molecular weight is 530 g/mol. The molecule has 2 aromatic carbocycles. The van der Waals surface area contributed by atoms with E-state index in [2.05, 4.69) is 5.32 Å². The van der Waals surface area contributed by atoms with Gasteiger partial charge in [-0.2, -0.15) is 0 Å². The fourth-order valence-corrected chi connectivity index (χ4v) is 5.19. The number of amides is 2. The van der Waals surface area contributed by atoms with Gasteiger partial charge in [-0.1, -0.05) is 70.2 Å². The molecule has 0 aromatic heterocycles. The zero-order valence-electron chi connectivity index (χ0n) is 22.9. The first-order valence-corrected chi connectivity index (χ1v) is 15.1. The van der Waals surface area contributed by atoms with Crippen LogP contribution in [0.2, 0.25) is 0 Å². The zero-order valence-corrected chi connectivity index (χ0v) is 23.8. The van der Waals surface area contributed by atoms with Gasteiger partial charge >= 0.3 is 0 Å². The van der Waals surface area contributed by atoms with E-state index in [4.69, 9.17) is 0 Å². The van der Waals surface area contributed by atoms with Gasteiger partial charge in [-0.05, 0) is 54.9 Å². The Balaban J connectivity index is 2.14. The average Bonchev–Trinajstić information content (AvgIpc) is 2.87. The highest BCUT2D eigenvalue weighted by Gasteiger charge is 2.28. The third-order valence-electron chi connectivity index (χ3n) is 6.34. The molecule has 8 heteroatoms. The Morgan fingerprint density at radius 2 is 1.57 bits per heavy atom. The van der Waals surface area contributed by atoms with Crippen molar-refractivity contribution in [2.75, 3.05) is 30.2 Å². The summed E-state index contributed by atoms with van der Waals surface area (Å²) in [6.07, 6.45) is 3.70. The first-order valence-electron chi connectivity index (χ1n) is 13.2. The van der Waals surface area contributed by atoms with Gasteiger partial charge in [-0.15, -0.1) is 0 Å². The summed E-state index contributed by atoms with van der Waals surface area (Å²) in [6, 6.07) is 16.8. The third kappa shape index (κ3) is 9.84. The Labute approximate surface area is 223 Å². The van der Waals surface area contributed by atoms with Crippen molar-refractivity contribution < 1.29 is 18.0 Å². The fraction of sp³-hybridized carbons (Fsp3) is 0.517. The molecule has 0 radical (unpaired) electrons. The number of nitrogens with zero attached hydrogens (tertiary/aromatic N) is 2. The second kappa shape index (κ2) is 14.8. The molecule has 0 aliphatic heterocycles. The molecule has 0 spiro atoms. The van der Waals surface area contributed by atoms with Crippen LogP contribution < -0.4 is 9.62 Å². The summed E-state index contributed by atoms with van der Waals surface area (Å²) in [4.78, 5) is 28.1. The molecular weight excluding hydrogens is 486 g/mol. The number of sulfonamides is 1. The quantitative estimate of drug-likeness (QED) is 0.370. The lowest BCUT2D eigenvalue weighted by molar-refractivity contribution is -0.140. The smallest absolute Gasteiger partial charge is 0.242 e. The molecule has 0 aliphatic carbocycles. The topological polar surface area (TPSA) is 86.8 Å². The molecule has 2 aromatic rings. The van der Waals surface area contributed by atoms with Crippen molar-refractivity contribution in [3.05, 3.63) is 65.7 Å². The maximum atomic E-state index is 13.4. The number of benzene rings is 2. The summed E-state index contributed by atoms with van der Waals surface area (Å²) in [5, 5.41) is 2.97. The van der Waals surface area contributed by atoms with Crippen molar-refractivity contribution >= 4 is 27.5 Å². The van der Waals surface area contributed by atoms with Gasteiger partial charge in [-0.25, -0.2) is 8.42 Å². The van der Waals surface area contributed by atoms with Crippen LogP contribution in [0.3, 0.4) is 0 Å². The highest BCUT2D eigenvalue weighted by molar-refractivity contribution is 7.92. The maximum Gasteiger partial charge on any atom is 0.242 e. The number of aryl methyl sites for hydroxylation is 1. The number of hydrogen-bond acceptors (Lipinski definition) is 4. The summed E-state index contributed by atoms with van der Waals surface area (Å²) in [7, 11) is -3.51. The van der Waals surface area contributed by atoms with Crippen molar-refractivity contribution in [3.8, 4) is 0 Å². The number of rotatable bonds is 15. The minimum atomic E-state index is -3.51. The van der Waals surface area contributed by atoms with Gasteiger partial charge in [0, 0.05) is 26.1 Å². The number of hydrogen-bond donors (Lipinski definition) is 1. The van der Waals surface area contributed by atoms with Crippen LogP contribution in [0.25, 0.3) is 0 Å². The summed E-state index contributed by atoms with van der Waals surface area (Å²) in [5.74, 6) is 0.0203. The molecule has 1 N–H and O–H groups in total. The summed E-state index contributed by atoms with van der Waals surface area (Å²) < 4.78 is 26.4. The predicted octanol–water partition coefficient (Wildman–Crippen LogP) is 4.42. The first-order chi connectivity index (χ1) is 17.6. The van der Waals surface area contributed by atoms with Gasteiger partial charge in [0.1, 0.15) is 6.04 Å². The summed E-state index contributed by atoms with van der Waals surface area (Å²) in [6.45, 7) is 9.19. The molecule has 1 atom stereocenters. The predicted molar refractivity (Wildman–Crippen MR) is 151 cm³/mol. The number of carbonyl (C=O) groups excluding carboxylic acids is 2. The molecule has 7 nitrogen and oxygen atoms in total. The highest BCUT2D eigenvalue weighted by Crippen LogP contribution is 2.20. The van der Waals surface area contributed by atoms with Crippen molar-refractivity contribution in [2.45, 2.75) is 65.8 Å². The molecule has 2 rings (SSSR count). The minimum Gasteiger partial charge on any atom is -0.354 e. The summed E-state index contributed by atoms with van der Waals surface area (Å²) in [5.41, 5.74) is 2.81. The van der Waals surface area contributed by atoms with E-state index in [9.17, 15) is 18.0 Å². The van der Waals surface area contributed by atoms with E-state index in [1.807, 2.05) is 70.2 Å². The first kappa shape index (κ1) is 30.4. The van der Waals surface area contributed by atoms with Crippen LogP contribution in [0, 0.1) is 5.92 Å². The largest absolute Gasteiger partial charge is 0.354 e. The monoisotopic (exact) mass is 529 g/mol. The molecular formula is C29H43N3O4S. The molecule has 0 saturated heterocycles. The van der Waals surface area contributed by atoms with Crippen LogP contribution in [-0.2, 0) is 32.5 Å². The molecule has 0 aliphatic rings. The molecule has 0 unspecified atom stereocenters. The Morgan fingerprint density at radius 1 is 0.919 bits per heavy atom. The van der Waals surface area contributed by atoms with Crippen molar-refractivity contribution in [3.63, 3.8) is 0 Å². The fourth-order valence-electron chi connectivity index (χ4n) is 4.22. The van der Waals surface area contributed by atoms with Crippen molar-refractivity contribution in [2.24, 2.45) is 5.92 Å². The van der Waals surface area contributed by atoms with Crippen LogP contribution in [0.5, 0.6) is 0 Å². The van der Waals surface area contributed by atoms with E-state index in [1.165, 1.54) is 10.6 Å². The Hall–Kier alpha value is -2.87. The second-order valence-corrected chi connectivity index (χ2v) is 11.8. The minimum absolute atomic E-state index is 0.141. The third-order valence-corrected chi connectivity index (χ3v) is 7.53. The molecule has 204 valence electrons. The van der Waals surface area contributed by atoms with Crippen LogP contribution in [-0.4, -0.2) is 57.1 Å². The number of anilines is 1. The van der Waals surface area contributed by atoms with E-state index >= 15 is 0 Å². The van der Waals surface area contributed by atoms with E-state index < -0.39 is 16.1 Å². The van der Waals surface area contributed by atoms with Crippen LogP contribution in [0.15, 0.2) is 54.6 Å². The van der Waals surface area contributed by atoms with Crippen LogP contribution in [0.1, 0.15) is 58.1 Å². The van der Waals surface area contributed by atoms with Gasteiger partial charge in [0.2, 0.25) is 21.8 Å². The van der Waals surface area contributed by atoms with Gasteiger partial charge in [0.05, 0.1) is 11.9 Å². The summed E-state index contributed by atoms with van der Waals surface area (Å²) >= 11 is 0. The van der Waals surface area contributed by atoms with Gasteiger partial charge in [0.25, 0.3) is 0 Å². The molecule has 2 amide bonds. The van der Waals surface area contributed by atoms with Gasteiger partial charge in [0.15, 0.2) is 0 Å². The lowest BCUT2D eigenvalue weighted by Crippen LogP contribution is -2.50. The molecule has 0 bridgehead atoms. The molecule has 0 saturated carbocycles. The van der Waals surface area contributed by atoms with Gasteiger partial charge < -0.3 is 10.2 Å². The van der Waals surface area contributed by atoms with Gasteiger partial charge in [-0.3, -0.25) is 13.9 Å². The number of carbonyl (C=O) groups is 2. The van der Waals surface area contributed by atoms with Crippen molar-refractivity contribution in [1.82, 2.24) is 10.2 Å². The van der Waals surface area contributed by atoms with E-state index in [1.54, 1.807) is 17.0 Å². The standard InChI is InChI=1S/C29H43N3O4S/c1-6-24-15-17-26(18-16-24)32(37(5,35)36)20-11-14-28(33)31(21-19-25-12-9-8-10-13-25)27(7-2)29(34)30-22-23(3)4/h8-10,12-13,15-18,23,27H,6-7,11,14,19-22H2,1-5H3,(H,30,34)/t27-/m1/s1. The second-order valence-electron chi connectivity index (χ2n) is 9.84. The van der Waals surface area contributed by atoms with E-state index in [0.29, 0.717) is 44.0 Å². The lowest BCUT2D eigenvalue weighted by Gasteiger charge is -2.31. The number of nitrogens with one attached hydrogen (secondary N) is 1. The van der Waals surface area contributed by atoms with Crippen LogP contribution >= 0.6 is 0 Å². The highest BCUT2D eigenvalue weighted by atomic mass is 32.2. The maximum absolute atomic E-state index is 13.4. The SMILES string of the molecule is CCc1ccc(N(CCCC(=O)N(CCc2ccccc2)[C@H](CC)C(=O)NCC(C)C)S(C)(=O)=O)cc1. The Bertz CT molecular complexity index is 1090.